The monoisotopic (exact) mass is 441 g/mol. The van der Waals surface area contributed by atoms with Gasteiger partial charge in [0.05, 0.1) is 37.1 Å². The zero-order valence-corrected chi connectivity index (χ0v) is 18.3. The van der Waals surface area contributed by atoms with Crippen molar-refractivity contribution in [1.82, 2.24) is 14.9 Å². The van der Waals surface area contributed by atoms with E-state index in [9.17, 15) is 14.4 Å². The number of esters is 1. The maximum Gasteiger partial charge on any atom is 0.345 e. The maximum atomic E-state index is 13.1. The van der Waals surface area contributed by atoms with Crippen molar-refractivity contribution in [3.05, 3.63) is 75.6 Å². The summed E-state index contributed by atoms with van der Waals surface area (Å²) in [5, 5.41) is 3.05. The first kappa shape index (κ1) is 22.4. The van der Waals surface area contributed by atoms with Crippen LogP contribution in [0.2, 0.25) is 0 Å². The average molecular weight is 442 g/mol. The van der Waals surface area contributed by atoms with Crippen molar-refractivity contribution < 1.29 is 18.7 Å². The topological polar surface area (TPSA) is 103 Å². The summed E-state index contributed by atoms with van der Waals surface area (Å²) in [4.78, 5) is 41.8. The molecular weight excluding hydrogens is 418 g/mol. The molecule has 0 spiro atoms. The lowest BCUT2D eigenvalue weighted by atomic mass is 10.1. The Morgan fingerprint density at radius 1 is 1.23 bits per heavy atom. The number of furan rings is 1. The largest absolute Gasteiger partial charge is 0.467 e. The summed E-state index contributed by atoms with van der Waals surface area (Å²) in [6.45, 7) is 5.98. The van der Waals surface area contributed by atoms with Gasteiger partial charge >= 0.3 is 5.97 Å². The number of rotatable bonds is 8. The highest BCUT2D eigenvalue weighted by Gasteiger charge is 2.19. The van der Waals surface area contributed by atoms with Crippen LogP contribution in [0.15, 0.2) is 57.2 Å². The number of benzene rings is 1. The van der Waals surface area contributed by atoms with E-state index in [1.165, 1.54) is 17.0 Å². The summed E-state index contributed by atoms with van der Waals surface area (Å²) in [5.74, 6) is -0.291. The Bertz CT molecular complexity index is 1140. The number of carbonyl (C=O) groups excluding carboxylic acids is 2. The number of aryl methyl sites for hydroxylation is 2. The van der Waals surface area contributed by atoms with Gasteiger partial charge in [-0.3, -0.25) is 14.2 Å². The average Bonchev–Trinajstić information content (AvgIpc) is 3.26. The Morgan fingerprint density at radius 3 is 2.71 bits per heavy atom. The van der Waals surface area contributed by atoms with E-state index in [-0.39, 0.29) is 30.4 Å². The zero-order valence-electron chi connectivity index (χ0n) is 17.5. The van der Waals surface area contributed by atoms with Gasteiger partial charge in [-0.25, -0.2) is 9.78 Å². The minimum atomic E-state index is -0.731. The van der Waals surface area contributed by atoms with Crippen molar-refractivity contribution in [3.8, 4) is 5.69 Å². The predicted octanol–water partition coefficient (Wildman–Crippen LogP) is 3.03. The molecule has 0 bridgehead atoms. The molecule has 31 heavy (non-hydrogen) atoms. The molecule has 0 radical (unpaired) electrons. The van der Waals surface area contributed by atoms with E-state index in [0.717, 1.165) is 22.9 Å². The third kappa shape index (κ3) is 5.43. The van der Waals surface area contributed by atoms with Gasteiger partial charge in [0.15, 0.2) is 5.16 Å². The molecule has 3 rings (SSSR count). The molecule has 9 heteroatoms. The molecule has 0 saturated heterocycles. The van der Waals surface area contributed by atoms with Crippen molar-refractivity contribution in [2.45, 2.75) is 32.5 Å². The first-order chi connectivity index (χ1) is 14.9. The van der Waals surface area contributed by atoms with Gasteiger partial charge in [-0.1, -0.05) is 17.8 Å². The summed E-state index contributed by atoms with van der Waals surface area (Å²) < 4.78 is 11.5. The molecule has 0 unspecified atom stereocenters. The van der Waals surface area contributed by atoms with E-state index >= 15 is 0 Å². The molecule has 1 aromatic carbocycles. The van der Waals surface area contributed by atoms with Gasteiger partial charge in [0, 0.05) is 0 Å². The van der Waals surface area contributed by atoms with Crippen LogP contribution in [0.4, 0.5) is 0 Å². The van der Waals surface area contributed by atoms with Crippen molar-refractivity contribution in [2.24, 2.45) is 0 Å². The van der Waals surface area contributed by atoms with Gasteiger partial charge in [0.25, 0.3) is 5.56 Å². The molecular formula is C22H23N3O5S. The molecule has 162 valence electrons. The van der Waals surface area contributed by atoms with E-state index < -0.39 is 11.5 Å². The minimum Gasteiger partial charge on any atom is -0.467 e. The third-order valence-corrected chi connectivity index (χ3v) is 5.50. The lowest BCUT2D eigenvalue weighted by Crippen LogP contribution is -2.29. The summed E-state index contributed by atoms with van der Waals surface area (Å²) in [6.07, 6.45) is 2.73. The maximum absolute atomic E-state index is 13.1. The summed E-state index contributed by atoms with van der Waals surface area (Å²) in [5.41, 5.74) is 1.91. The molecule has 2 aromatic heterocycles. The van der Waals surface area contributed by atoms with Crippen molar-refractivity contribution in [3.63, 3.8) is 0 Å². The number of amides is 1. The fourth-order valence-corrected chi connectivity index (χ4v) is 3.57. The fourth-order valence-electron chi connectivity index (χ4n) is 2.76. The van der Waals surface area contributed by atoms with Crippen LogP contribution in [-0.2, 0) is 16.1 Å². The lowest BCUT2D eigenvalue weighted by molar-refractivity contribution is -0.118. The molecule has 0 aliphatic rings. The molecule has 1 N–H and O–H groups in total. The number of aromatic nitrogens is 2. The van der Waals surface area contributed by atoms with Gasteiger partial charge < -0.3 is 14.5 Å². The molecule has 0 aliphatic heterocycles. The SMILES string of the molecule is CCOC(=O)c1cnc(SCC(=O)NCc2ccco2)n(-c2ccc(C)c(C)c2)c1=O. The standard InChI is InChI=1S/C22H23N3O5S/c1-4-29-21(28)18-12-24-22(31-13-19(26)23-11-17-6-5-9-30-17)25(20(18)27)16-8-7-14(2)15(3)10-16/h5-10,12H,4,11,13H2,1-3H3,(H,23,26). The molecule has 0 saturated carbocycles. The van der Waals surface area contributed by atoms with E-state index in [0.29, 0.717) is 16.6 Å². The molecule has 0 aliphatic carbocycles. The van der Waals surface area contributed by atoms with Crippen LogP contribution in [0.25, 0.3) is 5.69 Å². The number of hydrogen-bond acceptors (Lipinski definition) is 7. The van der Waals surface area contributed by atoms with Crippen LogP contribution >= 0.6 is 11.8 Å². The first-order valence-corrected chi connectivity index (χ1v) is 10.7. The summed E-state index contributed by atoms with van der Waals surface area (Å²) >= 11 is 1.10. The predicted molar refractivity (Wildman–Crippen MR) is 117 cm³/mol. The highest BCUT2D eigenvalue weighted by atomic mass is 32.2. The van der Waals surface area contributed by atoms with E-state index in [1.54, 1.807) is 25.1 Å². The van der Waals surface area contributed by atoms with E-state index in [4.69, 9.17) is 9.15 Å². The number of thioether (sulfide) groups is 1. The van der Waals surface area contributed by atoms with Crippen molar-refractivity contribution >= 4 is 23.6 Å². The smallest absolute Gasteiger partial charge is 0.345 e. The van der Waals surface area contributed by atoms with Crippen LogP contribution in [0.1, 0.15) is 34.2 Å². The van der Waals surface area contributed by atoms with Crippen LogP contribution in [0.3, 0.4) is 0 Å². The second-order valence-corrected chi connectivity index (χ2v) is 7.67. The zero-order chi connectivity index (χ0) is 22.4. The minimum absolute atomic E-state index is 0.0384. The summed E-state index contributed by atoms with van der Waals surface area (Å²) in [6, 6.07) is 9.02. The molecule has 3 aromatic rings. The Morgan fingerprint density at radius 2 is 2.03 bits per heavy atom. The van der Waals surface area contributed by atoms with Gasteiger partial charge in [0.1, 0.15) is 11.3 Å². The fraction of sp³-hybridized carbons (Fsp3) is 0.273. The summed E-state index contributed by atoms with van der Waals surface area (Å²) in [7, 11) is 0. The van der Waals surface area contributed by atoms with Gasteiger partial charge in [-0.15, -0.1) is 0 Å². The number of hydrogen-bond donors (Lipinski definition) is 1. The van der Waals surface area contributed by atoms with E-state index in [2.05, 4.69) is 10.3 Å². The van der Waals surface area contributed by atoms with Crippen LogP contribution in [0, 0.1) is 13.8 Å². The van der Waals surface area contributed by atoms with Crippen molar-refractivity contribution in [1.29, 1.82) is 0 Å². The molecule has 0 fully saturated rings. The number of nitrogens with zero attached hydrogens (tertiary/aromatic N) is 2. The Balaban J connectivity index is 1.88. The van der Waals surface area contributed by atoms with Gasteiger partial charge in [0.2, 0.25) is 5.91 Å². The Labute approximate surface area is 183 Å². The number of nitrogens with one attached hydrogen (secondary N) is 1. The highest BCUT2D eigenvalue weighted by Crippen LogP contribution is 2.20. The Hall–Kier alpha value is -3.33. The Kier molecular flexibility index (Phi) is 7.30. The number of ether oxygens (including phenoxy) is 1. The van der Waals surface area contributed by atoms with Gasteiger partial charge in [-0.2, -0.15) is 0 Å². The first-order valence-electron chi connectivity index (χ1n) is 9.69. The molecule has 2 heterocycles. The molecule has 0 atom stereocenters. The van der Waals surface area contributed by atoms with Crippen LogP contribution in [0.5, 0.6) is 0 Å². The second kappa shape index (κ2) is 10.1. The van der Waals surface area contributed by atoms with E-state index in [1.807, 2.05) is 26.0 Å². The molecule has 8 nitrogen and oxygen atoms in total. The second-order valence-electron chi connectivity index (χ2n) is 6.73. The normalized spacial score (nSPS) is 10.7. The van der Waals surface area contributed by atoms with Crippen molar-refractivity contribution in [2.75, 3.05) is 12.4 Å². The molecule has 1 amide bonds. The van der Waals surface area contributed by atoms with Gasteiger partial charge in [-0.05, 0) is 56.2 Å². The highest BCUT2D eigenvalue weighted by molar-refractivity contribution is 7.99. The van der Waals surface area contributed by atoms with Crippen LogP contribution in [-0.4, -0.2) is 33.8 Å². The third-order valence-electron chi connectivity index (χ3n) is 4.55. The quantitative estimate of drug-likeness (QED) is 0.326. The lowest BCUT2D eigenvalue weighted by Gasteiger charge is -2.14. The van der Waals surface area contributed by atoms with Crippen LogP contribution < -0.4 is 10.9 Å². The number of carbonyl (C=O) groups is 2.